The summed E-state index contributed by atoms with van der Waals surface area (Å²) in [5, 5.41) is 11.9. The molecular formula is C9H9ClN2O2. The fourth-order valence-corrected chi connectivity index (χ4v) is 0.906. The topological polar surface area (TPSA) is 62.2 Å². The lowest BCUT2D eigenvalue weighted by Gasteiger charge is -2.03. The van der Waals surface area contributed by atoms with Crippen LogP contribution < -0.4 is 5.32 Å². The molecule has 0 spiro atoms. The van der Waals surface area contributed by atoms with Gasteiger partial charge in [-0.2, -0.15) is 0 Å². The van der Waals surface area contributed by atoms with E-state index in [9.17, 15) is 4.79 Å². The van der Waals surface area contributed by atoms with Crippen LogP contribution in [0.4, 0.5) is 5.82 Å². The van der Waals surface area contributed by atoms with Crippen molar-refractivity contribution in [3.8, 4) is 0 Å². The van der Waals surface area contributed by atoms with E-state index in [0.29, 0.717) is 17.4 Å². The number of anilines is 1. The molecule has 2 N–H and O–H groups in total. The smallest absolute Gasteiger partial charge is 0.354 e. The Bertz CT molecular complexity index is 366. The molecule has 0 atom stereocenters. The van der Waals surface area contributed by atoms with E-state index >= 15 is 0 Å². The Balaban J connectivity index is 2.73. The summed E-state index contributed by atoms with van der Waals surface area (Å²) in [7, 11) is 0. The van der Waals surface area contributed by atoms with Crippen LogP contribution in [0, 0.1) is 0 Å². The van der Waals surface area contributed by atoms with Crippen LogP contribution in [0.2, 0.25) is 0 Å². The Kier molecular flexibility index (Phi) is 3.48. The van der Waals surface area contributed by atoms with E-state index in [2.05, 4.69) is 16.9 Å². The van der Waals surface area contributed by atoms with Gasteiger partial charge in [0, 0.05) is 5.03 Å². The first-order valence-electron chi connectivity index (χ1n) is 3.87. The molecule has 0 saturated carbocycles. The number of hydrogen-bond acceptors (Lipinski definition) is 3. The van der Waals surface area contributed by atoms with Crippen molar-refractivity contribution >= 4 is 23.4 Å². The third-order valence-electron chi connectivity index (χ3n) is 1.43. The minimum Gasteiger partial charge on any atom is -0.477 e. The standard InChI is InChI=1S/C9H9ClN2O2/c1-6(10)5-11-8-4-2-3-7(12-8)9(13)14/h2-4H,1,5H2,(H,11,12)(H,13,14). The van der Waals surface area contributed by atoms with E-state index in [1.54, 1.807) is 12.1 Å². The van der Waals surface area contributed by atoms with Crippen LogP contribution in [-0.4, -0.2) is 22.6 Å². The predicted octanol–water partition coefficient (Wildman–Crippen LogP) is 1.94. The number of halogens is 1. The maximum absolute atomic E-state index is 10.6. The summed E-state index contributed by atoms with van der Waals surface area (Å²) in [6, 6.07) is 4.69. The van der Waals surface area contributed by atoms with Crippen LogP contribution in [0.15, 0.2) is 29.8 Å². The van der Waals surface area contributed by atoms with E-state index < -0.39 is 5.97 Å². The Labute approximate surface area is 86.2 Å². The lowest BCUT2D eigenvalue weighted by molar-refractivity contribution is 0.0690. The second-order valence-electron chi connectivity index (χ2n) is 2.58. The number of nitrogens with one attached hydrogen (secondary N) is 1. The van der Waals surface area contributed by atoms with Crippen molar-refractivity contribution in [3.63, 3.8) is 0 Å². The predicted molar refractivity (Wildman–Crippen MR) is 54.7 cm³/mol. The van der Waals surface area contributed by atoms with Gasteiger partial charge in [0.1, 0.15) is 5.82 Å². The highest BCUT2D eigenvalue weighted by Crippen LogP contribution is 2.06. The maximum atomic E-state index is 10.6. The summed E-state index contributed by atoms with van der Waals surface area (Å²) >= 11 is 5.53. The number of hydrogen-bond donors (Lipinski definition) is 2. The zero-order valence-corrected chi connectivity index (χ0v) is 8.08. The van der Waals surface area contributed by atoms with Gasteiger partial charge in [0.2, 0.25) is 0 Å². The average molecular weight is 213 g/mol. The van der Waals surface area contributed by atoms with Crippen molar-refractivity contribution < 1.29 is 9.90 Å². The molecule has 0 aliphatic carbocycles. The SMILES string of the molecule is C=C(Cl)CNc1cccc(C(=O)O)n1. The molecule has 74 valence electrons. The monoisotopic (exact) mass is 212 g/mol. The molecule has 0 aromatic carbocycles. The van der Waals surface area contributed by atoms with Gasteiger partial charge in [-0.3, -0.25) is 0 Å². The fraction of sp³-hybridized carbons (Fsp3) is 0.111. The molecule has 1 rings (SSSR count). The number of carboxylic acids is 1. The molecule has 14 heavy (non-hydrogen) atoms. The number of carbonyl (C=O) groups is 1. The first kappa shape index (κ1) is 10.5. The van der Waals surface area contributed by atoms with Crippen LogP contribution in [0.3, 0.4) is 0 Å². The number of aromatic carboxylic acids is 1. The summed E-state index contributed by atoms with van der Waals surface area (Å²) in [6.45, 7) is 3.85. The lowest BCUT2D eigenvalue weighted by Crippen LogP contribution is -2.06. The summed E-state index contributed by atoms with van der Waals surface area (Å²) < 4.78 is 0. The zero-order chi connectivity index (χ0) is 10.6. The Morgan fingerprint density at radius 2 is 2.36 bits per heavy atom. The first-order valence-corrected chi connectivity index (χ1v) is 4.25. The molecule has 0 aliphatic heterocycles. The van der Waals surface area contributed by atoms with E-state index in [1.807, 2.05) is 0 Å². The molecular weight excluding hydrogens is 204 g/mol. The average Bonchev–Trinajstić information content (AvgIpc) is 2.15. The van der Waals surface area contributed by atoms with Gasteiger partial charge < -0.3 is 10.4 Å². The van der Waals surface area contributed by atoms with Gasteiger partial charge >= 0.3 is 5.97 Å². The third-order valence-corrected chi connectivity index (χ3v) is 1.56. The molecule has 1 aromatic rings. The summed E-state index contributed by atoms with van der Waals surface area (Å²) in [6.07, 6.45) is 0. The number of rotatable bonds is 4. The second-order valence-corrected chi connectivity index (χ2v) is 3.12. The molecule has 1 heterocycles. The van der Waals surface area contributed by atoms with E-state index in [4.69, 9.17) is 16.7 Å². The van der Waals surface area contributed by atoms with Crippen LogP contribution in [0.1, 0.15) is 10.5 Å². The number of nitrogens with zero attached hydrogens (tertiary/aromatic N) is 1. The van der Waals surface area contributed by atoms with Gasteiger partial charge in [-0.25, -0.2) is 9.78 Å². The Morgan fingerprint density at radius 3 is 2.93 bits per heavy atom. The van der Waals surface area contributed by atoms with E-state index in [1.165, 1.54) is 6.07 Å². The Hall–Kier alpha value is -1.55. The van der Waals surface area contributed by atoms with E-state index in [-0.39, 0.29) is 5.69 Å². The molecule has 5 heteroatoms. The maximum Gasteiger partial charge on any atom is 0.354 e. The fourth-order valence-electron chi connectivity index (χ4n) is 0.839. The molecule has 0 saturated heterocycles. The van der Waals surface area contributed by atoms with Crippen molar-refractivity contribution in [2.24, 2.45) is 0 Å². The molecule has 0 aliphatic rings. The van der Waals surface area contributed by atoms with Crippen molar-refractivity contribution in [2.45, 2.75) is 0 Å². The minimum absolute atomic E-state index is 0.00446. The van der Waals surface area contributed by atoms with Gasteiger partial charge in [-0.05, 0) is 12.1 Å². The number of carboxylic acid groups (broad SMARTS) is 1. The van der Waals surface area contributed by atoms with Gasteiger partial charge in [-0.1, -0.05) is 24.2 Å². The number of aromatic nitrogens is 1. The first-order chi connectivity index (χ1) is 6.59. The molecule has 4 nitrogen and oxygen atoms in total. The highest BCUT2D eigenvalue weighted by molar-refractivity contribution is 6.29. The highest BCUT2D eigenvalue weighted by Gasteiger charge is 2.04. The van der Waals surface area contributed by atoms with Crippen LogP contribution in [0.5, 0.6) is 0 Å². The largest absolute Gasteiger partial charge is 0.477 e. The van der Waals surface area contributed by atoms with Crippen molar-refractivity contribution in [2.75, 3.05) is 11.9 Å². The van der Waals surface area contributed by atoms with Crippen LogP contribution in [0.25, 0.3) is 0 Å². The van der Waals surface area contributed by atoms with Crippen molar-refractivity contribution in [1.29, 1.82) is 0 Å². The normalized spacial score (nSPS) is 9.50. The summed E-state index contributed by atoms with van der Waals surface area (Å²) in [4.78, 5) is 14.4. The van der Waals surface area contributed by atoms with Crippen LogP contribution in [-0.2, 0) is 0 Å². The molecule has 0 fully saturated rings. The van der Waals surface area contributed by atoms with Gasteiger partial charge in [0.05, 0.1) is 6.54 Å². The van der Waals surface area contributed by atoms with E-state index in [0.717, 1.165) is 0 Å². The third kappa shape index (κ3) is 3.06. The Morgan fingerprint density at radius 1 is 1.64 bits per heavy atom. The molecule has 0 radical (unpaired) electrons. The quantitative estimate of drug-likeness (QED) is 0.801. The minimum atomic E-state index is -1.06. The molecule has 0 unspecified atom stereocenters. The van der Waals surface area contributed by atoms with Gasteiger partial charge in [0.15, 0.2) is 5.69 Å². The van der Waals surface area contributed by atoms with Gasteiger partial charge in [-0.15, -0.1) is 0 Å². The zero-order valence-electron chi connectivity index (χ0n) is 7.33. The summed E-state index contributed by atoms with van der Waals surface area (Å²) in [5.41, 5.74) is -0.00446. The molecule has 0 amide bonds. The van der Waals surface area contributed by atoms with Gasteiger partial charge in [0.25, 0.3) is 0 Å². The van der Waals surface area contributed by atoms with Crippen molar-refractivity contribution in [1.82, 2.24) is 4.98 Å². The van der Waals surface area contributed by atoms with Crippen molar-refractivity contribution in [3.05, 3.63) is 35.5 Å². The molecule has 0 bridgehead atoms. The van der Waals surface area contributed by atoms with Crippen LogP contribution >= 0.6 is 11.6 Å². The lowest BCUT2D eigenvalue weighted by atomic mass is 10.3. The summed E-state index contributed by atoms with van der Waals surface area (Å²) in [5.74, 6) is -0.593. The molecule has 1 aromatic heterocycles. The number of pyridine rings is 1. The highest BCUT2D eigenvalue weighted by atomic mass is 35.5. The second kappa shape index (κ2) is 4.62.